The molecule has 10 heteroatoms. The maximum Gasteiger partial charge on any atom is 0.219 e. The smallest absolute Gasteiger partial charge is 0.219 e. The summed E-state index contributed by atoms with van der Waals surface area (Å²) in [5.74, 6) is 0.0336. The van der Waals surface area contributed by atoms with Crippen molar-refractivity contribution in [3.63, 3.8) is 0 Å². The van der Waals surface area contributed by atoms with E-state index in [1.807, 2.05) is 6.92 Å². The monoisotopic (exact) mass is 466 g/mol. The Labute approximate surface area is 193 Å². The van der Waals surface area contributed by atoms with Gasteiger partial charge in [0, 0.05) is 25.6 Å². The molecule has 0 unspecified atom stereocenters. The summed E-state index contributed by atoms with van der Waals surface area (Å²) in [6.45, 7) is 15.0. The lowest BCUT2D eigenvalue weighted by Crippen LogP contribution is -2.27. The molecule has 0 aliphatic heterocycles. The van der Waals surface area contributed by atoms with Crippen LogP contribution in [0.25, 0.3) is 0 Å². The summed E-state index contributed by atoms with van der Waals surface area (Å²) in [5, 5.41) is 6.03. The SMILES string of the molecule is CCC(=O)NCCOCCOCCOCCOCCOCCOCCOCCNC(C)C. The molecule has 0 aromatic rings. The van der Waals surface area contributed by atoms with E-state index in [9.17, 15) is 4.79 Å². The lowest BCUT2D eigenvalue weighted by Gasteiger charge is -2.09. The van der Waals surface area contributed by atoms with Gasteiger partial charge in [0.2, 0.25) is 5.91 Å². The standard InChI is InChI=1S/C22H46N2O8/c1-4-22(25)24-6-8-27-10-12-29-14-16-31-18-20-32-19-17-30-15-13-28-11-9-26-7-5-23-21(2)3/h21,23H,4-20H2,1-3H3,(H,24,25). The Morgan fingerprint density at radius 1 is 0.562 bits per heavy atom. The first-order valence-corrected chi connectivity index (χ1v) is 11.7. The normalized spacial score (nSPS) is 11.4. The summed E-state index contributed by atoms with van der Waals surface area (Å²) in [7, 11) is 0. The predicted octanol–water partition coefficient (Wildman–Crippen LogP) is 0.627. The van der Waals surface area contributed by atoms with E-state index in [4.69, 9.17) is 33.2 Å². The molecule has 0 saturated carbocycles. The summed E-state index contributed by atoms with van der Waals surface area (Å²) in [6, 6.07) is 0.485. The number of hydrogen-bond donors (Lipinski definition) is 2. The molecule has 0 rings (SSSR count). The number of carbonyl (C=O) groups excluding carboxylic acids is 1. The molecule has 0 radical (unpaired) electrons. The van der Waals surface area contributed by atoms with Gasteiger partial charge in [-0.1, -0.05) is 20.8 Å². The molecular formula is C22H46N2O8. The van der Waals surface area contributed by atoms with Crippen molar-refractivity contribution in [3.05, 3.63) is 0 Å². The number of amides is 1. The fourth-order valence-corrected chi connectivity index (χ4v) is 2.23. The van der Waals surface area contributed by atoms with E-state index in [2.05, 4.69) is 24.5 Å². The highest BCUT2D eigenvalue weighted by molar-refractivity contribution is 5.75. The summed E-state index contributed by atoms with van der Waals surface area (Å²) in [4.78, 5) is 11.0. The van der Waals surface area contributed by atoms with Crippen molar-refractivity contribution in [1.82, 2.24) is 10.6 Å². The maximum absolute atomic E-state index is 11.0. The number of nitrogens with one attached hydrogen (secondary N) is 2. The minimum absolute atomic E-state index is 0.0336. The molecule has 0 aromatic heterocycles. The van der Waals surface area contributed by atoms with Crippen LogP contribution in [-0.2, 0) is 38.0 Å². The van der Waals surface area contributed by atoms with Gasteiger partial charge in [0.15, 0.2) is 0 Å². The maximum atomic E-state index is 11.0. The first-order valence-electron chi connectivity index (χ1n) is 11.7. The second-order valence-electron chi connectivity index (χ2n) is 7.10. The number of carbonyl (C=O) groups is 1. The van der Waals surface area contributed by atoms with Crippen LogP contribution in [0, 0.1) is 0 Å². The third-order valence-corrected chi connectivity index (χ3v) is 3.92. The van der Waals surface area contributed by atoms with E-state index >= 15 is 0 Å². The fourth-order valence-electron chi connectivity index (χ4n) is 2.23. The zero-order valence-electron chi connectivity index (χ0n) is 20.4. The average molecular weight is 467 g/mol. The topological polar surface area (TPSA) is 106 Å². The molecule has 0 aromatic carbocycles. The van der Waals surface area contributed by atoms with Gasteiger partial charge in [0.25, 0.3) is 0 Å². The minimum atomic E-state index is 0.0336. The highest BCUT2D eigenvalue weighted by Gasteiger charge is 1.97. The van der Waals surface area contributed by atoms with E-state index in [1.54, 1.807) is 0 Å². The van der Waals surface area contributed by atoms with Crippen LogP contribution in [0.3, 0.4) is 0 Å². The predicted molar refractivity (Wildman–Crippen MR) is 122 cm³/mol. The quantitative estimate of drug-likeness (QED) is 0.178. The van der Waals surface area contributed by atoms with Gasteiger partial charge < -0.3 is 43.8 Å². The largest absolute Gasteiger partial charge is 0.378 e. The highest BCUT2D eigenvalue weighted by atomic mass is 16.6. The fraction of sp³-hybridized carbons (Fsp3) is 0.955. The number of ether oxygens (including phenoxy) is 7. The first kappa shape index (κ1) is 31.1. The van der Waals surface area contributed by atoms with E-state index in [-0.39, 0.29) is 5.91 Å². The van der Waals surface area contributed by atoms with Gasteiger partial charge in [-0.05, 0) is 0 Å². The molecule has 2 N–H and O–H groups in total. The van der Waals surface area contributed by atoms with Gasteiger partial charge in [-0.25, -0.2) is 0 Å². The van der Waals surface area contributed by atoms with Crippen LogP contribution in [0.15, 0.2) is 0 Å². The van der Waals surface area contributed by atoms with Crippen LogP contribution in [0.5, 0.6) is 0 Å². The zero-order chi connectivity index (χ0) is 23.5. The number of rotatable bonds is 26. The molecule has 10 nitrogen and oxygen atoms in total. The molecular weight excluding hydrogens is 420 g/mol. The van der Waals surface area contributed by atoms with Crippen molar-refractivity contribution in [2.75, 3.05) is 106 Å². The van der Waals surface area contributed by atoms with Crippen molar-refractivity contribution in [3.8, 4) is 0 Å². The second kappa shape index (κ2) is 26.4. The van der Waals surface area contributed by atoms with Gasteiger partial charge in [-0.3, -0.25) is 4.79 Å². The Morgan fingerprint density at radius 3 is 1.19 bits per heavy atom. The molecule has 1 amide bonds. The molecule has 0 aliphatic rings. The zero-order valence-corrected chi connectivity index (χ0v) is 20.4. The molecule has 0 heterocycles. The van der Waals surface area contributed by atoms with Crippen LogP contribution in [0.4, 0.5) is 0 Å². The van der Waals surface area contributed by atoms with Gasteiger partial charge >= 0.3 is 0 Å². The highest BCUT2D eigenvalue weighted by Crippen LogP contribution is 1.85. The summed E-state index contributed by atoms with van der Waals surface area (Å²) < 4.78 is 37.9. The number of hydrogen-bond acceptors (Lipinski definition) is 9. The summed E-state index contributed by atoms with van der Waals surface area (Å²) in [5.41, 5.74) is 0. The van der Waals surface area contributed by atoms with Gasteiger partial charge in [-0.15, -0.1) is 0 Å². The second-order valence-corrected chi connectivity index (χ2v) is 7.10. The molecule has 0 fully saturated rings. The summed E-state index contributed by atoms with van der Waals surface area (Å²) in [6.07, 6.45) is 0.492. The Bertz CT molecular complexity index is 389. The Balaban J connectivity index is 3.03. The van der Waals surface area contributed by atoms with Crippen molar-refractivity contribution < 1.29 is 38.0 Å². The van der Waals surface area contributed by atoms with E-state index in [0.29, 0.717) is 112 Å². The molecule has 0 atom stereocenters. The molecule has 0 aliphatic carbocycles. The van der Waals surface area contributed by atoms with Crippen molar-refractivity contribution in [2.45, 2.75) is 33.2 Å². The Hall–Kier alpha value is -0.850. The molecule has 0 bridgehead atoms. The van der Waals surface area contributed by atoms with Crippen LogP contribution in [-0.4, -0.2) is 118 Å². The third-order valence-electron chi connectivity index (χ3n) is 3.92. The van der Waals surface area contributed by atoms with Crippen LogP contribution in [0.1, 0.15) is 27.2 Å². The lowest BCUT2D eigenvalue weighted by molar-refractivity contribution is -0.121. The van der Waals surface area contributed by atoms with Gasteiger partial charge in [0.1, 0.15) is 0 Å². The average Bonchev–Trinajstić information content (AvgIpc) is 2.78. The Morgan fingerprint density at radius 2 is 0.875 bits per heavy atom. The van der Waals surface area contributed by atoms with Crippen LogP contribution >= 0.6 is 0 Å². The van der Waals surface area contributed by atoms with E-state index in [0.717, 1.165) is 6.54 Å². The Kier molecular flexibility index (Phi) is 25.7. The first-order chi connectivity index (χ1) is 15.7. The van der Waals surface area contributed by atoms with Crippen molar-refractivity contribution >= 4 is 5.91 Å². The molecule has 32 heavy (non-hydrogen) atoms. The van der Waals surface area contributed by atoms with Crippen molar-refractivity contribution in [1.29, 1.82) is 0 Å². The van der Waals surface area contributed by atoms with Gasteiger partial charge in [-0.2, -0.15) is 0 Å². The minimum Gasteiger partial charge on any atom is -0.378 e. The lowest BCUT2D eigenvalue weighted by atomic mass is 10.4. The van der Waals surface area contributed by atoms with Crippen molar-refractivity contribution in [2.24, 2.45) is 0 Å². The van der Waals surface area contributed by atoms with Gasteiger partial charge in [0.05, 0.1) is 92.5 Å². The summed E-state index contributed by atoms with van der Waals surface area (Å²) >= 11 is 0. The van der Waals surface area contributed by atoms with E-state index in [1.165, 1.54) is 0 Å². The van der Waals surface area contributed by atoms with Crippen LogP contribution < -0.4 is 10.6 Å². The molecule has 0 spiro atoms. The molecule has 0 saturated heterocycles. The third kappa shape index (κ3) is 27.2. The van der Waals surface area contributed by atoms with Crippen LogP contribution in [0.2, 0.25) is 0 Å². The van der Waals surface area contributed by atoms with E-state index < -0.39 is 0 Å². The molecule has 192 valence electrons.